The lowest BCUT2D eigenvalue weighted by atomic mass is 10.2. The van der Waals surface area contributed by atoms with E-state index in [0.717, 1.165) is 0 Å². The molecule has 2 amide bonds. The number of primary amides is 1. The summed E-state index contributed by atoms with van der Waals surface area (Å²) in [5.41, 5.74) is 5.90. The molecule has 3 N–H and O–H groups in total. The van der Waals surface area contributed by atoms with Crippen LogP contribution >= 0.6 is 23.2 Å². The molecule has 2 aromatic carbocycles. The third-order valence-corrected chi connectivity index (χ3v) is 3.56. The number of para-hydroxylation sites is 1. The van der Waals surface area contributed by atoms with Crippen LogP contribution in [0.25, 0.3) is 0 Å². The van der Waals surface area contributed by atoms with E-state index < -0.39 is 17.9 Å². The number of amides is 2. The van der Waals surface area contributed by atoms with E-state index in [2.05, 4.69) is 5.32 Å². The fourth-order valence-electron chi connectivity index (χ4n) is 1.84. The maximum Gasteiger partial charge on any atom is 0.265 e. The SMILES string of the molecule is C[C@@H](Oc1ccccc1C(N)=O)C(=O)Nc1ccc(Cl)cc1Cl. The number of carbonyl (C=O) groups excluding carboxylic acids is 2. The van der Waals surface area contributed by atoms with Gasteiger partial charge in [0.25, 0.3) is 11.8 Å². The normalized spacial score (nSPS) is 11.6. The average Bonchev–Trinajstić information content (AvgIpc) is 2.50. The molecule has 0 spiro atoms. The number of halogens is 2. The van der Waals surface area contributed by atoms with Crippen molar-refractivity contribution in [3.05, 3.63) is 58.1 Å². The third-order valence-electron chi connectivity index (χ3n) is 3.01. The van der Waals surface area contributed by atoms with E-state index in [1.54, 1.807) is 37.3 Å². The molecule has 120 valence electrons. The first kappa shape index (κ1) is 17.1. The highest BCUT2D eigenvalue weighted by Gasteiger charge is 2.18. The second-order valence-corrected chi connectivity index (χ2v) is 5.58. The maximum atomic E-state index is 12.2. The van der Waals surface area contributed by atoms with Gasteiger partial charge in [0, 0.05) is 5.02 Å². The molecule has 0 aliphatic carbocycles. The molecule has 0 saturated heterocycles. The van der Waals surface area contributed by atoms with Gasteiger partial charge in [-0.2, -0.15) is 0 Å². The molecular formula is C16H14Cl2N2O3. The van der Waals surface area contributed by atoms with Gasteiger partial charge in [0.05, 0.1) is 16.3 Å². The summed E-state index contributed by atoms with van der Waals surface area (Å²) in [4.78, 5) is 23.5. The highest BCUT2D eigenvalue weighted by molar-refractivity contribution is 6.36. The molecule has 0 aliphatic rings. The molecule has 0 bridgehead atoms. The third kappa shape index (κ3) is 4.37. The van der Waals surface area contributed by atoms with Gasteiger partial charge in [-0.3, -0.25) is 9.59 Å². The lowest BCUT2D eigenvalue weighted by Crippen LogP contribution is -2.31. The zero-order valence-corrected chi connectivity index (χ0v) is 13.7. The quantitative estimate of drug-likeness (QED) is 0.863. The van der Waals surface area contributed by atoms with E-state index in [-0.39, 0.29) is 11.3 Å². The first-order valence-corrected chi connectivity index (χ1v) is 7.45. The number of nitrogens with one attached hydrogen (secondary N) is 1. The zero-order valence-electron chi connectivity index (χ0n) is 12.2. The van der Waals surface area contributed by atoms with Crippen molar-refractivity contribution < 1.29 is 14.3 Å². The topological polar surface area (TPSA) is 81.4 Å². The molecule has 0 unspecified atom stereocenters. The molecule has 1 atom stereocenters. The van der Waals surface area contributed by atoms with E-state index in [0.29, 0.717) is 15.7 Å². The van der Waals surface area contributed by atoms with Gasteiger partial charge in [-0.05, 0) is 37.3 Å². The number of hydrogen-bond donors (Lipinski definition) is 2. The molecule has 7 heteroatoms. The predicted molar refractivity (Wildman–Crippen MR) is 90.1 cm³/mol. The number of hydrogen-bond acceptors (Lipinski definition) is 3. The summed E-state index contributed by atoms with van der Waals surface area (Å²) < 4.78 is 5.52. The Morgan fingerprint density at radius 3 is 2.52 bits per heavy atom. The molecule has 0 radical (unpaired) electrons. The number of nitrogens with two attached hydrogens (primary N) is 1. The summed E-state index contributed by atoms with van der Waals surface area (Å²) in [6.45, 7) is 1.55. The summed E-state index contributed by atoms with van der Waals surface area (Å²) in [7, 11) is 0. The summed E-state index contributed by atoms with van der Waals surface area (Å²) >= 11 is 11.8. The molecule has 0 heterocycles. The Kier molecular flexibility index (Phi) is 5.47. The van der Waals surface area contributed by atoms with Crippen molar-refractivity contribution in [1.29, 1.82) is 0 Å². The minimum atomic E-state index is -0.859. The van der Waals surface area contributed by atoms with Gasteiger partial charge in [-0.25, -0.2) is 0 Å². The van der Waals surface area contributed by atoms with Crippen molar-refractivity contribution in [3.8, 4) is 5.75 Å². The van der Waals surface area contributed by atoms with Gasteiger partial charge in [0.1, 0.15) is 5.75 Å². The van der Waals surface area contributed by atoms with Crippen LogP contribution in [0, 0.1) is 0 Å². The highest BCUT2D eigenvalue weighted by Crippen LogP contribution is 2.26. The first-order chi connectivity index (χ1) is 10.9. The zero-order chi connectivity index (χ0) is 17.0. The number of carbonyl (C=O) groups is 2. The maximum absolute atomic E-state index is 12.2. The molecule has 5 nitrogen and oxygen atoms in total. The Bertz CT molecular complexity index is 750. The van der Waals surface area contributed by atoms with Crippen molar-refractivity contribution in [1.82, 2.24) is 0 Å². The van der Waals surface area contributed by atoms with Crippen LogP contribution in [-0.2, 0) is 4.79 Å². The summed E-state index contributed by atoms with van der Waals surface area (Å²) in [6.07, 6.45) is -0.859. The van der Waals surface area contributed by atoms with Gasteiger partial charge < -0.3 is 15.8 Å². The number of benzene rings is 2. The average molecular weight is 353 g/mol. The molecule has 2 aromatic rings. The number of rotatable bonds is 5. The molecule has 0 aromatic heterocycles. The molecule has 2 rings (SSSR count). The Hall–Kier alpha value is -2.24. The van der Waals surface area contributed by atoms with Crippen LogP contribution in [0.2, 0.25) is 10.0 Å². The minimum Gasteiger partial charge on any atom is -0.480 e. The van der Waals surface area contributed by atoms with Gasteiger partial charge >= 0.3 is 0 Å². The fourth-order valence-corrected chi connectivity index (χ4v) is 2.30. The lowest BCUT2D eigenvalue weighted by molar-refractivity contribution is -0.122. The van der Waals surface area contributed by atoms with E-state index in [1.807, 2.05) is 0 Å². The molecule has 0 saturated carbocycles. The fraction of sp³-hybridized carbons (Fsp3) is 0.125. The second kappa shape index (κ2) is 7.35. The van der Waals surface area contributed by atoms with Crippen LogP contribution in [0.1, 0.15) is 17.3 Å². The van der Waals surface area contributed by atoms with Gasteiger partial charge in [-0.1, -0.05) is 35.3 Å². The molecule has 23 heavy (non-hydrogen) atoms. The molecule has 0 fully saturated rings. The predicted octanol–water partition coefficient (Wildman–Crippen LogP) is 3.50. The monoisotopic (exact) mass is 352 g/mol. The van der Waals surface area contributed by atoms with Crippen molar-refractivity contribution >= 4 is 40.7 Å². The first-order valence-electron chi connectivity index (χ1n) is 6.70. The van der Waals surface area contributed by atoms with Crippen molar-refractivity contribution in [2.24, 2.45) is 5.73 Å². The smallest absolute Gasteiger partial charge is 0.265 e. The summed E-state index contributed by atoms with van der Waals surface area (Å²) in [5, 5.41) is 3.42. The van der Waals surface area contributed by atoms with E-state index >= 15 is 0 Å². The second-order valence-electron chi connectivity index (χ2n) is 4.73. The number of anilines is 1. The summed E-state index contributed by atoms with van der Waals surface area (Å²) in [6, 6.07) is 11.2. The Balaban J connectivity index is 2.10. The number of ether oxygens (including phenoxy) is 1. The van der Waals surface area contributed by atoms with Crippen LogP contribution in [-0.4, -0.2) is 17.9 Å². The van der Waals surface area contributed by atoms with Crippen LogP contribution in [0.15, 0.2) is 42.5 Å². The van der Waals surface area contributed by atoms with Crippen LogP contribution < -0.4 is 15.8 Å². The standard InChI is InChI=1S/C16H14Cl2N2O3/c1-9(23-14-5-3-2-4-11(14)15(19)21)16(22)20-13-7-6-10(17)8-12(13)18/h2-9H,1H3,(H2,19,21)(H,20,22)/t9-/m1/s1. The minimum absolute atomic E-state index is 0.205. The summed E-state index contributed by atoms with van der Waals surface area (Å²) in [5.74, 6) is -0.813. The Labute approximate surface area is 143 Å². The van der Waals surface area contributed by atoms with Crippen molar-refractivity contribution in [3.63, 3.8) is 0 Å². The Morgan fingerprint density at radius 1 is 1.17 bits per heavy atom. The largest absolute Gasteiger partial charge is 0.480 e. The molecular weight excluding hydrogens is 339 g/mol. The van der Waals surface area contributed by atoms with Crippen molar-refractivity contribution in [2.75, 3.05) is 5.32 Å². The van der Waals surface area contributed by atoms with E-state index in [9.17, 15) is 9.59 Å². The Morgan fingerprint density at radius 2 is 1.87 bits per heavy atom. The van der Waals surface area contributed by atoms with Gasteiger partial charge in [0.2, 0.25) is 0 Å². The van der Waals surface area contributed by atoms with E-state index in [4.69, 9.17) is 33.7 Å². The van der Waals surface area contributed by atoms with Crippen LogP contribution in [0.5, 0.6) is 5.75 Å². The van der Waals surface area contributed by atoms with Gasteiger partial charge in [-0.15, -0.1) is 0 Å². The lowest BCUT2D eigenvalue weighted by Gasteiger charge is -2.16. The molecule has 0 aliphatic heterocycles. The van der Waals surface area contributed by atoms with Crippen LogP contribution in [0.3, 0.4) is 0 Å². The van der Waals surface area contributed by atoms with Crippen molar-refractivity contribution in [2.45, 2.75) is 13.0 Å². The highest BCUT2D eigenvalue weighted by atomic mass is 35.5. The van der Waals surface area contributed by atoms with E-state index in [1.165, 1.54) is 12.1 Å². The van der Waals surface area contributed by atoms with Gasteiger partial charge in [0.15, 0.2) is 6.10 Å². The van der Waals surface area contributed by atoms with Crippen LogP contribution in [0.4, 0.5) is 5.69 Å².